The second-order valence-corrected chi connectivity index (χ2v) is 4.51. The van der Waals surface area contributed by atoms with Crippen molar-refractivity contribution in [3.63, 3.8) is 0 Å². The van der Waals surface area contributed by atoms with Crippen LogP contribution in [0.3, 0.4) is 0 Å². The molecule has 0 saturated carbocycles. The standard InChI is InChI=1S/C12H15N3O2/c16-10-3-4-12-13-11(14-15(12)7-10)6-9-2-1-5-17-8-9/h3-4,7,9,16H,1-2,5-6,8H2. The molecular formula is C12H15N3O2. The number of aromatic nitrogens is 3. The highest BCUT2D eigenvalue weighted by Gasteiger charge is 2.16. The first-order valence-electron chi connectivity index (χ1n) is 5.93. The van der Waals surface area contributed by atoms with E-state index < -0.39 is 0 Å². The average Bonchev–Trinajstić information content (AvgIpc) is 2.71. The van der Waals surface area contributed by atoms with Crippen molar-refractivity contribution in [3.8, 4) is 5.75 Å². The van der Waals surface area contributed by atoms with Crippen LogP contribution in [-0.4, -0.2) is 32.9 Å². The first-order chi connectivity index (χ1) is 8.31. The van der Waals surface area contributed by atoms with Gasteiger partial charge in [0.05, 0.1) is 6.20 Å². The Morgan fingerprint density at radius 1 is 1.47 bits per heavy atom. The molecule has 0 bridgehead atoms. The van der Waals surface area contributed by atoms with E-state index >= 15 is 0 Å². The van der Waals surface area contributed by atoms with Crippen LogP contribution < -0.4 is 0 Å². The summed E-state index contributed by atoms with van der Waals surface area (Å²) in [5.74, 6) is 1.55. The highest BCUT2D eigenvalue weighted by Crippen LogP contribution is 2.18. The molecule has 17 heavy (non-hydrogen) atoms. The van der Waals surface area contributed by atoms with Crippen LogP contribution in [0.1, 0.15) is 18.7 Å². The minimum absolute atomic E-state index is 0.204. The van der Waals surface area contributed by atoms with E-state index in [0.717, 1.165) is 37.5 Å². The Labute approximate surface area is 99.0 Å². The molecule has 90 valence electrons. The predicted octanol–water partition coefficient (Wildman–Crippen LogP) is 1.40. The summed E-state index contributed by atoms with van der Waals surface area (Å²) in [4.78, 5) is 4.43. The van der Waals surface area contributed by atoms with Gasteiger partial charge in [-0.15, -0.1) is 0 Å². The molecule has 0 amide bonds. The van der Waals surface area contributed by atoms with E-state index in [1.807, 2.05) is 0 Å². The SMILES string of the molecule is Oc1ccc2nc(CC3CCCOC3)nn2c1. The van der Waals surface area contributed by atoms with Gasteiger partial charge in [0.1, 0.15) is 5.75 Å². The second-order valence-electron chi connectivity index (χ2n) is 4.51. The average molecular weight is 233 g/mol. The fraction of sp³-hybridized carbons (Fsp3) is 0.500. The van der Waals surface area contributed by atoms with Crippen LogP contribution in [0.5, 0.6) is 5.75 Å². The van der Waals surface area contributed by atoms with E-state index in [2.05, 4.69) is 10.1 Å². The van der Waals surface area contributed by atoms with E-state index in [-0.39, 0.29) is 5.75 Å². The summed E-state index contributed by atoms with van der Waals surface area (Å²) in [6.45, 7) is 1.68. The summed E-state index contributed by atoms with van der Waals surface area (Å²) in [5.41, 5.74) is 0.773. The zero-order valence-electron chi connectivity index (χ0n) is 9.54. The molecule has 1 saturated heterocycles. The Morgan fingerprint density at radius 3 is 3.24 bits per heavy atom. The minimum Gasteiger partial charge on any atom is -0.506 e. The van der Waals surface area contributed by atoms with Crippen LogP contribution in [0.4, 0.5) is 0 Å². The molecule has 5 nitrogen and oxygen atoms in total. The molecule has 2 aromatic rings. The predicted molar refractivity (Wildman–Crippen MR) is 61.9 cm³/mol. The lowest BCUT2D eigenvalue weighted by Gasteiger charge is -2.20. The summed E-state index contributed by atoms with van der Waals surface area (Å²) in [6, 6.07) is 3.39. The van der Waals surface area contributed by atoms with Gasteiger partial charge in [-0.3, -0.25) is 0 Å². The smallest absolute Gasteiger partial charge is 0.155 e. The minimum atomic E-state index is 0.204. The van der Waals surface area contributed by atoms with Gasteiger partial charge in [-0.2, -0.15) is 5.10 Å². The van der Waals surface area contributed by atoms with E-state index in [1.54, 1.807) is 22.8 Å². The first kappa shape index (κ1) is 10.5. The normalized spacial score (nSPS) is 20.8. The molecule has 0 spiro atoms. The van der Waals surface area contributed by atoms with Crippen molar-refractivity contribution < 1.29 is 9.84 Å². The quantitative estimate of drug-likeness (QED) is 0.851. The molecular weight excluding hydrogens is 218 g/mol. The maximum Gasteiger partial charge on any atom is 0.155 e. The van der Waals surface area contributed by atoms with Crippen molar-refractivity contribution in [2.45, 2.75) is 19.3 Å². The van der Waals surface area contributed by atoms with E-state index in [1.165, 1.54) is 6.42 Å². The van der Waals surface area contributed by atoms with Crippen molar-refractivity contribution in [2.24, 2.45) is 5.92 Å². The molecule has 1 atom stereocenters. The maximum absolute atomic E-state index is 9.35. The Balaban J connectivity index is 1.80. The number of nitrogens with zero attached hydrogens (tertiary/aromatic N) is 3. The number of hydrogen-bond donors (Lipinski definition) is 1. The molecule has 0 aliphatic carbocycles. The van der Waals surface area contributed by atoms with Crippen molar-refractivity contribution in [1.29, 1.82) is 0 Å². The van der Waals surface area contributed by atoms with Crippen molar-refractivity contribution in [2.75, 3.05) is 13.2 Å². The Hall–Kier alpha value is -1.62. The molecule has 1 unspecified atom stereocenters. The monoisotopic (exact) mass is 233 g/mol. The topological polar surface area (TPSA) is 59.7 Å². The molecule has 3 heterocycles. The third-order valence-electron chi connectivity index (χ3n) is 3.09. The summed E-state index contributed by atoms with van der Waals surface area (Å²) in [5, 5.41) is 13.7. The van der Waals surface area contributed by atoms with E-state index in [0.29, 0.717) is 5.92 Å². The molecule has 1 aliphatic heterocycles. The number of hydrogen-bond acceptors (Lipinski definition) is 4. The number of pyridine rings is 1. The summed E-state index contributed by atoms with van der Waals surface area (Å²) in [7, 11) is 0. The van der Waals surface area contributed by atoms with Crippen LogP contribution in [0.15, 0.2) is 18.3 Å². The number of aromatic hydroxyl groups is 1. The van der Waals surface area contributed by atoms with E-state index in [4.69, 9.17) is 4.74 Å². The molecule has 1 fully saturated rings. The van der Waals surface area contributed by atoms with Crippen LogP contribution in [0, 0.1) is 5.92 Å². The lowest BCUT2D eigenvalue weighted by Crippen LogP contribution is -2.19. The van der Waals surface area contributed by atoms with Crippen LogP contribution in [0.2, 0.25) is 0 Å². The van der Waals surface area contributed by atoms with Crippen molar-refractivity contribution >= 4 is 5.65 Å². The third kappa shape index (κ3) is 2.24. The van der Waals surface area contributed by atoms with E-state index in [9.17, 15) is 5.11 Å². The largest absolute Gasteiger partial charge is 0.506 e. The van der Waals surface area contributed by atoms with Crippen molar-refractivity contribution in [3.05, 3.63) is 24.2 Å². The fourth-order valence-electron chi connectivity index (χ4n) is 2.23. The number of fused-ring (bicyclic) bond motifs is 1. The highest BCUT2D eigenvalue weighted by atomic mass is 16.5. The van der Waals surface area contributed by atoms with Gasteiger partial charge in [0.15, 0.2) is 11.5 Å². The molecule has 1 N–H and O–H groups in total. The van der Waals surface area contributed by atoms with Crippen LogP contribution in [-0.2, 0) is 11.2 Å². The number of rotatable bonds is 2. The lowest BCUT2D eigenvalue weighted by molar-refractivity contribution is 0.0543. The molecule has 5 heteroatoms. The van der Waals surface area contributed by atoms with Gasteiger partial charge in [-0.1, -0.05) is 0 Å². The second kappa shape index (κ2) is 4.33. The molecule has 0 radical (unpaired) electrons. The Morgan fingerprint density at radius 2 is 2.41 bits per heavy atom. The summed E-state index contributed by atoms with van der Waals surface area (Å²) >= 11 is 0. The van der Waals surface area contributed by atoms with Gasteiger partial charge >= 0.3 is 0 Å². The van der Waals surface area contributed by atoms with Gasteiger partial charge < -0.3 is 9.84 Å². The first-order valence-corrected chi connectivity index (χ1v) is 5.93. The fourth-order valence-corrected chi connectivity index (χ4v) is 2.23. The summed E-state index contributed by atoms with van der Waals surface area (Å²) in [6.07, 6.45) is 4.73. The molecule has 1 aliphatic rings. The van der Waals surface area contributed by atoms with Gasteiger partial charge in [-0.05, 0) is 30.9 Å². The van der Waals surface area contributed by atoms with Gasteiger partial charge in [0.25, 0.3) is 0 Å². The number of ether oxygens (including phenoxy) is 1. The Kier molecular flexibility index (Phi) is 2.68. The van der Waals surface area contributed by atoms with Gasteiger partial charge in [-0.25, -0.2) is 9.50 Å². The molecule has 0 aromatic carbocycles. The van der Waals surface area contributed by atoms with Gasteiger partial charge in [0, 0.05) is 19.6 Å². The van der Waals surface area contributed by atoms with Crippen molar-refractivity contribution in [1.82, 2.24) is 14.6 Å². The zero-order valence-corrected chi connectivity index (χ0v) is 9.54. The Bertz CT molecular complexity index is 517. The maximum atomic E-state index is 9.35. The third-order valence-corrected chi connectivity index (χ3v) is 3.09. The molecule has 3 rings (SSSR count). The van der Waals surface area contributed by atoms with Crippen LogP contribution in [0.25, 0.3) is 5.65 Å². The molecule has 2 aromatic heterocycles. The zero-order chi connectivity index (χ0) is 11.7. The highest BCUT2D eigenvalue weighted by molar-refractivity contribution is 5.40. The van der Waals surface area contributed by atoms with Gasteiger partial charge in [0.2, 0.25) is 0 Å². The lowest BCUT2D eigenvalue weighted by atomic mass is 9.98. The summed E-state index contributed by atoms with van der Waals surface area (Å²) < 4.78 is 7.06. The van der Waals surface area contributed by atoms with Crippen LogP contribution >= 0.6 is 0 Å².